The van der Waals surface area contributed by atoms with Crippen LogP contribution in [0.2, 0.25) is 0 Å². The van der Waals surface area contributed by atoms with Gasteiger partial charge in [-0.3, -0.25) is 15.2 Å². The number of hydrogen-bond donors (Lipinski definition) is 3. The van der Waals surface area contributed by atoms with Crippen LogP contribution in [-0.4, -0.2) is 48.7 Å². The number of carbonyl (C=O) groups is 1. The number of nitrogens with one attached hydrogen (secondary N) is 3. The van der Waals surface area contributed by atoms with Gasteiger partial charge in [0.05, 0.1) is 11.0 Å². The Hall–Kier alpha value is -3.35. The average molecular weight is 444 g/mol. The summed E-state index contributed by atoms with van der Waals surface area (Å²) < 4.78 is 38.0. The van der Waals surface area contributed by atoms with Crippen molar-refractivity contribution >= 4 is 21.9 Å². The molecule has 0 spiro atoms. The Balaban J connectivity index is 1.37. The van der Waals surface area contributed by atoms with Crippen LogP contribution >= 0.6 is 0 Å². The highest BCUT2D eigenvalue weighted by Gasteiger charge is 2.21. The van der Waals surface area contributed by atoms with Crippen molar-refractivity contribution in [2.75, 3.05) is 18.6 Å². The molecule has 2 aromatic heterocycles. The molecular weight excluding hydrogens is 424 g/mol. The molecule has 1 aromatic carbocycles. The third-order valence-electron chi connectivity index (χ3n) is 4.58. The number of anilines is 1. The van der Waals surface area contributed by atoms with Gasteiger partial charge in [-0.25, -0.2) is 18.6 Å². The lowest BCUT2D eigenvalue weighted by molar-refractivity contribution is 0.0960. The van der Waals surface area contributed by atoms with E-state index in [1.54, 1.807) is 24.5 Å². The number of amides is 1. The zero-order valence-corrected chi connectivity index (χ0v) is 17.1. The molecule has 4 rings (SSSR count). The molecule has 1 aliphatic heterocycles. The van der Waals surface area contributed by atoms with Crippen LogP contribution in [0, 0.1) is 0 Å². The van der Waals surface area contributed by atoms with Gasteiger partial charge >= 0.3 is 6.01 Å². The van der Waals surface area contributed by atoms with Crippen LogP contribution in [-0.2, 0) is 14.8 Å². The fourth-order valence-corrected chi connectivity index (χ4v) is 4.08. The van der Waals surface area contributed by atoms with E-state index >= 15 is 0 Å². The van der Waals surface area contributed by atoms with E-state index in [1.807, 2.05) is 0 Å². The summed E-state index contributed by atoms with van der Waals surface area (Å²) in [5, 5.41) is 3.81. The Morgan fingerprint density at radius 1 is 1.19 bits per heavy atom. The van der Waals surface area contributed by atoms with Gasteiger partial charge in [-0.15, -0.1) is 0 Å². The third-order valence-corrected chi connectivity index (χ3v) is 6.00. The lowest BCUT2D eigenvalue weighted by atomic mass is 10.2. The maximum Gasteiger partial charge on any atom is 0.340 e. The zero-order chi connectivity index (χ0) is 21.7. The molecule has 3 heterocycles. The summed E-state index contributed by atoms with van der Waals surface area (Å²) in [7, 11) is -3.77. The van der Waals surface area contributed by atoms with Gasteiger partial charge in [0.15, 0.2) is 0 Å². The molecule has 1 amide bonds. The minimum atomic E-state index is -3.77. The third kappa shape index (κ3) is 5.23. The summed E-state index contributed by atoms with van der Waals surface area (Å²) in [5.41, 5.74) is 5.76. The second-order valence-electron chi connectivity index (χ2n) is 6.75. The first-order valence-corrected chi connectivity index (χ1v) is 11.0. The van der Waals surface area contributed by atoms with Gasteiger partial charge in [0.2, 0.25) is 15.8 Å². The van der Waals surface area contributed by atoms with E-state index in [2.05, 4.69) is 30.7 Å². The van der Waals surface area contributed by atoms with Crippen LogP contribution in [0.3, 0.4) is 0 Å². The van der Waals surface area contributed by atoms with Crippen LogP contribution in [0.1, 0.15) is 23.2 Å². The van der Waals surface area contributed by atoms with Crippen molar-refractivity contribution < 1.29 is 22.5 Å². The molecule has 1 atom stereocenters. The van der Waals surface area contributed by atoms with Gasteiger partial charge in [-0.05, 0) is 43.2 Å². The molecule has 0 aliphatic carbocycles. The quantitative estimate of drug-likeness (QED) is 0.438. The predicted octanol–water partition coefficient (Wildman–Crippen LogP) is 1.35. The number of benzene rings is 1. The molecule has 3 N–H and O–H groups in total. The monoisotopic (exact) mass is 444 g/mol. The van der Waals surface area contributed by atoms with E-state index in [-0.39, 0.29) is 29.1 Å². The number of ether oxygens (including phenoxy) is 1. The first kappa shape index (κ1) is 20.9. The summed E-state index contributed by atoms with van der Waals surface area (Å²) >= 11 is 0. The molecule has 11 nitrogen and oxygen atoms in total. The van der Waals surface area contributed by atoms with Crippen molar-refractivity contribution in [2.45, 2.75) is 23.8 Å². The number of sulfonamides is 1. The highest BCUT2D eigenvalue weighted by Crippen LogP contribution is 2.17. The van der Waals surface area contributed by atoms with Crippen LogP contribution in [0.5, 0.6) is 0 Å². The molecule has 0 saturated carbocycles. The fourth-order valence-electron chi connectivity index (χ4n) is 2.97. The van der Waals surface area contributed by atoms with Crippen molar-refractivity contribution in [3.05, 3.63) is 54.4 Å². The lowest BCUT2D eigenvalue weighted by Gasteiger charge is -2.12. The van der Waals surface area contributed by atoms with Crippen molar-refractivity contribution in [2.24, 2.45) is 0 Å². The minimum Gasteiger partial charge on any atom is -0.377 e. The first-order valence-electron chi connectivity index (χ1n) is 9.53. The molecule has 12 heteroatoms. The number of carbonyl (C=O) groups excluding carboxylic acids is 1. The molecule has 31 heavy (non-hydrogen) atoms. The normalized spacial score (nSPS) is 16.2. The van der Waals surface area contributed by atoms with E-state index in [1.165, 1.54) is 24.3 Å². The minimum absolute atomic E-state index is 0.0177. The van der Waals surface area contributed by atoms with E-state index in [4.69, 9.17) is 9.26 Å². The Morgan fingerprint density at radius 2 is 2.03 bits per heavy atom. The highest BCUT2D eigenvalue weighted by molar-refractivity contribution is 7.89. The fraction of sp³-hybridized carbons (Fsp3) is 0.263. The maximum atomic E-state index is 12.5. The number of aromatic nitrogens is 3. The number of hydrogen-bond acceptors (Lipinski definition) is 9. The summed E-state index contributed by atoms with van der Waals surface area (Å²) in [5.74, 6) is -0.246. The first-order chi connectivity index (χ1) is 15.0. The van der Waals surface area contributed by atoms with Crippen molar-refractivity contribution in [3.8, 4) is 11.4 Å². The van der Waals surface area contributed by atoms with Gasteiger partial charge in [0.25, 0.3) is 5.91 Å². The standard InChI is InChI=1S/C19H20N6O5S/c26-18(23-24-19-22-17(25-30-19)13-6-8-20-9-7-13)14-3-1-5-16(11-14)31(27,28)21-12-15-4-2-10-29-15/h1,3,5-9,11,15,21H,2,4,10,12H2,(H,23,26)(H,22,24,25). The predicted molar refractivity (Wildman–Crippen MR) is 109 cm³/mol. The Bertz CT molecular complexity index is 1150. The van der Waals surface area contributed by atoms with Gasteiger partial charge in [-0.1, -0.05) is 11.2 Å². The summed E-state index contributed by atoms with van der Waals surface area (Å²) in [6.07, 6.45) is 4.79. The second-order valence-corrected chi connectivity index (χ2v) is 8.52. The molecular formula is C19H20N6O5S. The van der Waals surface area contributed by atoms with Crippen molar-refractivity contribution in [3.63, 3.8) is 0 Å². The van der Waals surface area contributed by atoms with Crippen molar-refractivity contribution in [1.82, 2.24) is 25.3 Å². The Labute approximate surface area is 178 Å². The molecule has 1 fully saturated rings. The van der Waals surface area contributed by atoms with E-state index < -0.39 is 15.9 Å². The largest absolute Gasteiger partial charge is 0.377 e. The van der Waals surface area contributed by atoms with Crippen molar-refractivity contribution in [1.29, 1.82) is 0 Å². The molecule has 0 radical (unpaired) electrons. The van der Waals surface area contributed by atoms with E-state index in [9.17, 15) is 13.2 Å². The molecule has 162 valence electrons. The van der Waals surface area contributed by atoms with Gasteiger partial charge in [0, 0.05) is 36.7 Å². The average Bonchev–Trinajstić information content (AvgIpc) is 3.49. The zero-order valence-electron chi connectivity index (χ0n) is 16.3. The Kier molecular flexibility index (Phi) is 6.21. The Morgan fingerprint density at radius 3 is 2.81 bits per heavy atom. The number of pyridine rings is 1. The van der Waals surface area contributed by atoms with E-state index in [0.717, 1.165) is 12.8 Å². The second kappa shape index (κ2) is 9.20. The van der Waals surface area contributed by atoms with Gasteiger partial charge < -0.3 is 9.26 Å². The molecule has 0 bridgehead atoms. The lowest BCUT2D eigenvalue weighted by Crippen LogP contribution is -2.32. The van der Waals surface area contributed by atoms with Crippen LogP contribution in [0.4, 0.5) is 6.01 Å². The van der Waals surface area contributed by atoms with Gasteiger partial charge in [0.1, 0.15) is 0 Å². The van der Waals surface area contributed by atoms with Crippen LogP contribution in [0.25, 0.3) is 11.4 Å². The number of rotatable bonds is 8. The topological polar surface area (TPSA) is 148 Å². The van der Waals surface area contributed by atoms with E-state index in [0.29, 0.717) is 18.0 Å². The van der Waals surface area contributed by atoms with Crippen LogP contribution < -0.4 is 15.6 Å². The summed E-state index contributed by atoms with van der Waals surface area (Å²) in [6.45, 7) is 0.830. The highest BCUT2D eigenvalue weighted by atomic mass is 32.2. The smallest absolute Gasteiger partial charge is 0.340 e. The number of hydrazine groups is 1. The number of nitrogens with zero attached hydrogens (tertiary/aromatic N) is 3. The molecule has 1 aliphatic rings. The summed E-state index contributed by atoms with van der Waals surface area (Å²) in [4.78, 5) is 20.4. The molecule has 1 unspecified atom stereocenters. The summed E-state index contributed by atoms with van der Waals surface area (Å²) in [6, 6.07) is 9.09. The molecule has 3 aromatic rings. The van der Waals surface area contributed by atoms with Gasteiger partial charge in [-0.2, -0.15) is 4.98 Å². The molecule has 1 saturated heterocycles. The maximum absolute atomic E-state index is 12.5. The van der Waals surface area contributed by atoms with Crippen LogP contribution in [0.15, 0.2) is 58.2 Å². The SMILES string of the molecule is O=C(NNc1nc(-c2ccncc2)no1)c1cccc(S(=O)(=O)NCC2CCCO2)c1.